The zero-order valence-electron chi connectivity index (χ0n) is 17.6. The number of methoxy groups -OCH3 is 2. The summed E-state index contributed by atoms with van der Waals surface area (Å²) in [5.74, 6) is 0.207. The predicted octanol–water partition coefficient (Wildman–Crippen LogP) is 2.32. The van der Waals surface area contributed by atoms with Crippen molar-refractivity contribution in [2.75, 3.05) is 19.5 Å². The van der Waals surface area contributed by atoms with E-state index in [0.717, 1.165) is 0 Å². The van der Waals surface area contributed by atoms with Gasteiger partial charge in [0.25, 0.3) is 0 Å². The molecule has 4 atom stereocenters. The molecule has 12 heteroatoms. The van der Waals surface area contributed by atoms with Gasteiger partial charge in [0.1, 0.15) is 11.8 Å². The molecule has 1 amide bonds. The highest BCUT2D eigenvalue weighted by atomic mass is 16.8. The topological polar surface area (TPSA) is 152 Å². The van der Waals surface area contributed by atoms with Crippen LogP contribution in [0.2, 0.25) is 0 Å². The number of ether oxygens (including phenoxy) is 6. The van der Waals surface area contributed by atoms with Gasteiger partial charge in [-0.15, -0.1) is 0 Å². The Bertz CT molecular complexity index is 1120. The molecule has 4 rings (SSSR count). The van der Waals surface area contributed by atoms with Crippen molar-refractivity contribution in [2.24, 2.45) is 0 Å². The maximum Gasteiger partial charge on any atom is 0.509 e. The average molecular weight is 451 g/mol. The van der Waals surface area contributed by atoms with Crippen LogP contribution in [-0.2, 0) is 18.9 Å². The molecule has 2 saturated heterocycles. The standard InChI is InChI=1S/C20H21NO11/c1-20(2)15(27-4)13-14(31-19(25)30-13)17(32-20)28-10-6-5-8-7-9(21-18(23)24)16(22)29-11(8)12(10)26-3/h5-7,13-15,17,21H,1-4H3,(H,23,24)/t13-,14+,15+,17+/m0/s1. The van der Waals surface area contributed by atoms with Gasteiger partial charge in [-0.3, -0.25) is 5.32 Å². The van der Waals surface area contributed by atoms with Crippen LogP contribution in [0.4, 0.5) is 15.3 Å². The fraction of sp³-hybridized carbons (Fsp3) is 0.450. The average Bonchev–Trinajstić information content (AvgIpc) is 3.09. The van der Waals surface area contributed by atoms with Crippen molar-refractivity contribution >= 4 is 28.9 Å². The van der Waals surface area contributed by atoms with E-state index in [1.165, 1.54) is 26.4 Å². The zero-order valence-corrected chi connectivity index (χ0v) is 17.6. The Balaban J connectivity index is 1.71. The third-order valence-corrected chi connectivity index (χ3v) is 5.22. The van der Waals surface area contributed by atoms with Crippen molar-refractivity contribution in [3.8, 4) is 11.5 Å². The van der Waals surface area contributed by atoms with Gasteiger partial charge in [0.15, 0.2) is 17.4 Å². The quantitative estimate of drug-likeness (QED) is 0.509. The molecule has 2 fully saturated rings. The summed E-state index contributed by atoms with van der Waals surface area (Å²) in [5.41, 5.74) is -2.03. The summed E-state index contributed by atoms with van der Waals surface area (Å²) in [7, 11) is 2.82. The molecule has 12 nitrogen and oxygen atoms in total. The molecule has 1 aromatic carbocycles. The smallest absolute Gasteiger partial charge is 0.490 e. The van der Waals surface area contributed by atoms with Crippen molar-refractivity contribution in [2.45, 2.75) is 44.1 Å². The fourth-order valence-corrected chi connectivity index (χ4v) is 3.92. The molecule has 0 saturated carbocycles. The number of hydrogen-bond donors (Lipinski definition) is 2. The lowest BCUT2D eigenvalue weighted by Crippen LogP contribution is -2.62. The number of amides is 1. The first-order valence-electron chi connectivity index (χ1n) is 9.54. The maximum atomic E-state index is 12.2. The maximum absolute atomic E-state index is 12.2. The Morgan fingerprint density at radius 2 is 1.88 bits per heavy atom. The summed E-state index contributed by atoms with van der Waals surface area (Å²) >= 11 is 0. The molecule has 32 heavy (non-hydrogen) atoms. The first-order chi connectivity index (χ1) is 15.1. The van der Waals surface area contributed by atoms with Crippen LogP contribution in [0.3, 0.4) is 0 Å². The van der Waals surface area contributed by atoms with E-state index in [1.807, 2.05) is 5.32 Å². The molecule has 2 aliphatic heterocycles. The molecule has 1 aromatic heterocycles. The molecule has 2 N–H and O–H groups in total. The number of carboxylic acid groups (broad SMARTS) is 1. The number of nitrogens with one attached hydrogen (secondary N) is 1. The van der Waals surface area contributed by atoms with Gasteiger partial charge >= 0.3 is 17.9 Å². The van der Waals surface area contributed by atoms with E-state index < -0.39 is 48.1 Å². The van der Waals surface area contributed by atoms with Gasteiger partial charge < -0.3 is 37.9 Å². The number of hydrogen-bond acceptors (Lipinski definition) is 10. The molecule has 2 aromatic rings. The lowest BCUT2D eigenvalue weighted by Gasteiger charge is -2.45. The summed E-state index contributed by atoms with van der Waals surface area (Å²) in [4.78, 5) is 34.8. The Morgan fingerprint density at radius 1 is 1.16 bits per heavy atom. The third-order valence-electron chi connectivity index (χ3n) is 5.22. The molecule has 0 aliphatic carbocycles. The van der Waals surface area contributed by atoms with Gasteiger partial charge in [-0.1, -0.05) is 0 Å². The van der Waals surface area contributed by atoms with E-state index in [-0.39, 0.29) is 22.8 Å². The van der Waals surface area contributed by atoms with Crippen LogP contribution in [0.25, 0.3) is 11.0 Å². The lowest BCUT2D eigenvalue weighted by atomic mass is 9.89. The summed E-state index contributed by atoms with van der Waals surface area (Å²) in [6.45, 7) is 3.51. The van der Waals surface area contributed by atoms with Crippen LogP contribution < -0.4 is 20.4 Å². The van der Waals surface area contributed by atoms with Crippen molar-refractivity contribution < 1.29 is 47.5 Å². The summed E-state index contributed by atoms with van der Waals surface area (Å²) in [5, 5.41) is 11.2. The monoisotopic (exact) mass is 451 g/mol. The normalized spacial score (nSPS) is 26.1. The van der Waals surface area contributed by atoms with E-state index >= 15 is 0 Å². The number of benzene rings is 1. The van der Waals surface area contributed by atoms with Gasteiger partial charge in [0.05, 0.1) is 12.7 Å². The van der Waals surface area contributed by atoms with Crippen molar-refractivity contribution in [3.05, 3.63) is 28.6 Å². The van der Waals surface area contributed by atoms with Crippen molar-refractivity contribution in [1.82, 2.24) is 0 Å². The third kappa shape index (κ3) is 3.67. The highest BCUT2D eigenvalue weighted by Crippen LogP contribution is 2.41. The predicted molar refractivity (Wildman–Crippen MR) is 106 cm³/mol. The second-order valence-electron chi connectivity index (χ2n) is 7.67. The van der Waals surface area contributed by atoms with Crippen LogP contribution in [0.5, 0.6) is 11.5 Å². The number of carbonyl (C=O) groups excluding carboxylic acids is 1. The molecular formula is C20H21NO11. The van der Waals surface area contributed by atoms with Crippen molar-refractivity contribution in [1.29, 1.82) is 0 Å². The van der Waals surface area contributed by atoms with E-state index in [4.69, 9.17) is 37.9 Å². The second-order valence-corrected chi connectivity index (χ2v) is 7.67. The molecule has 0 bridgehead atoms. The van der Waals surface area contributed by atoms with Crippen molar-refractivity contribution in [3.63, 3.8) is 0 Å². The Labute approximate surface area is 180 Å². The van der Waals surface area contributed by atoms with Crippen LogP contribution >= 0.6 is 0 Å². The molecule has 2 aliphatic rings. The number of fused-ring (bicyclic) bond motifs is 2. The Hall–Kier alpha value is -3.51. The second kappa shape index (κ2) is 7.88. The lowest BCUT2D eigenvalue weighted by molar-refractivity contribution is -0.283. The summed E-state index contributed by atoms with van der Waals surface area (Å²) in [6.07, 6.45) is -5.65. The van der Waals surface area contributed by atoms with Gasteiger partial charge in [0.2, 0.25) is 18.1 Å². The van der Waals surface area contributed by atoms with E-state index in [1.54, 1.807) is 19.9 Å². The number of anilines is 1. The molecular weight excluding hydrogens is 430 g/mol. The Morgan fingerprint density at radius 3 is 2.53 bits per heavy atom. The van der Waals surface area contributed by atoms with Crippen LogP contribution in [0.15, 0.2) is 27.4 Å². The van der Waals surface area contributed by atoms with Gasteiger partial charge in [0, 0.05) is 12.5 Å². The first kappa shape index (κ1) is 21.7. The molecule has 172 valence electrons. The highest BCUT2D eigenvalue weighted by Gasteiger charge is 2.59. The zero-order chi connectivity index (χ0) is 23.2. The first-order valence-corrected chi connectivity index (χ1v) is 9.54. The minimum Gasteiger partial charge on any atom is -0.490 e. The van der Waals surface area contributed by atoms with Crippen LogP contribution in [0, 0.1) is 0 Å². The molecule has 3 heterocycles. The van der Waals surface area contributed by atoms with Crippen LogP contribution in [-0.4, -0.2) is 61.8 Å². The van der Waals surface area contributed by atoms with Crippen LogP contribution in [0.1, 0.15) is 13.8 Å². The van der Waals surface area contributed by atoms with E-state index in [9.17, 15) is 14.4 Å². The largest absolute Gasteiger partial charge is 0.509 e. The molecule has 0 spiro atoms. The molecule has 0 unspecified atom stereocenters. The number of carbonyl (C=O) groups is 2. The SMILES string of the molecule is COc1c(O[C@@H]2OC(C)(C)[C@H](OC)[C@H]3OC(=O)O[C@@H]23)ccc2cc(NC(=O)O)c(=O)oc12. The van der Waals surface area contributed by atoms with E-state index in [0.29, 0.717) is 5.39 Å². The highest BCUT2D eigenvalue weighted by molar-refractivity contribution is 5.90. The minimum absolute atomic E-state index is 0.0343. The molecule has 0 radical (unpaired) electrons. The van der Waals surface area contributed by atoms with E-state index in [2.05, 4.69) is 0 Å². The number of rotatable bonds is 5. The summed E-state index contributed by atoms with van der Waals surface area (Å²) in [6, 6.07) is 4.38. The van der Waals surface area contributed by atoms with Gasteiger partial charge in [-0.25, -0.2) is 14.4 Å². The van der Waals surface area contributed by atoms with Gasteiger partial charge in [-0.05, 0) is 32.0 Å². The Kier molecular flexibility index (Phi) is 5.34. The summed E-state index contributed by atoms with van der Waals surface area (Å²) < 4.78 is 38.6. The minimum atomic E-state index is -1.40. The fourth-order valence-electron chi connectivity index (χ4n) is 3.92. The van der Waals surface area contributed by atoms with Gasteiger partial charge in [-0.2, -0.15) is 0 Å².